The molecule has 1 heterocycles. The molecule has 0 spiro atoms. The second-order valence-electron chi connectivity index (χ2n) is 9.46. The van der Waals surface area contributed by atoms with Crippen LogP contribution in [0.2, 0.25) is 0 Å². The largest absolute Gasteiger partial charge is 0.380 e. The molecule has 0 atom stereocenters. The van der Waals surface area contributed by atoms with Gasteiger partial charge in [0.15, 0.2) is 6.19 Å². The molecule has 3 aromatic carbocycles. The van der Waals surface area contributed by atoms with E-state index < -0.39 is 5.60 Å². The first-order valence-electron chi connectivity index (χ1n) is 13.2. The lowest BCUT2D eigenvalue weighted by Crippen LogP contribution is -2.48. The third kappa shape index (κ3) is 5.71. The van der Waals surface area contributed by atoms with E-state index in [4.69, 9.17) is 0 Å². The smallest absolute Gasteiger partial charge is 0.253 e. The van der Waals surface area contributed by atoms with Crippen molar-refractivity contribution in [3.8, 4) is 6.19 Å². The second kappa shape index (κ2) is 12.4. The van der Waals surface area contributed by atoms with Crippen molar-refractivity contribution in [1.82, 2.24) is 15.1 Å². The van der Waals surface area contributed by atoms with Gasteiger partial charge in [-0.15, -0.1) is 0 Å². The molecule has 196 valence electrons. The predicted molar refractivity (Wildman–Crippen MR) is 150 cm³/mol. The van der Waals surface area contributed by atoms with Crippen LogP contribution in [0.5, 0.6) is 0 Å². The Morgan fingerprint density at radius 3 is 1.97 bits per heavy atom. The van der Waals surface area contributed by atoms with Gasteiger partial charge in [0.25, 0.3) is 5.91 Å². The molecule has 1 saturated heterocycles. The number of carbonyl (C=O) groups excluding carboxylic acids is 1. The highest BCUT2D eigenvalue weighted by Crippen LogP contribution is 2.42. The highest BCUT2D eigenvalue weighted by Gasteiger charge is 2.41. The third-order valence-corrected chi connectivity index (χ3v) is 7.38. The summed E-state index contributed by atoms with van der Waals surface area (Å²) in [6.07, 6.45) is 3.46. The Labute approximate surface area is 225 Å². The van der Waals surface area contributed by atoms with Gasteiger partial charge in [0.1, 0.15) is 5.60 Å². The number of aliphatic hydroxyl groups is 1. The van der Waals surface area contributed by atoms with E-state index in [2.05, 4.69) is 10.3 Å². The molecule has 7 nitrogen and oxygen atoms in total. The molecule has 4 rings (SSSR count). The zero-order valence-corrected chi connectivity index (χ0v) is 22.0. The number of piperidine rings is 1. The number of nitrogens with one attached hydrogen (secondary N) is 1. The average Bonchev–Trinajstić information content (AvgIpc) is 2.98. The van der Waals surface area contributed by atoms with E-state index in [1.54, 1.807) is 29.2 Å². The monoisotopic (exact) mass is 509 g/mol. The molecule has 0 saturated carbocycles. The zero-order chi connectivity index (χ0) is 27.0. The number of carbonyl (C=O) groups is 1. The van der Waals surface area contributed by atoms with Crippen LogP contribution in [0.4, 0.5) is 5.69 Å². The summed E-state index contributed by atoms with van der Waals surface area (Å²) >= 11 is 0. The van der Waals surface area contributed by atoms with Gasteiger partial charge < -0.3 is 14.9 Å². The van der Waals surface area contributed by atoms with E-state index >= 15 is 0 Å². The molecule has 1 amide bonds. The Hall–Kier alpha value is -4.15. The van der Waals surface area contributed by atoms with Gasteiger partial charge in [-0.2, -0.15) is 5.26 Å². The molecule has 0 unspecified atom stereocenters. The van der Waals surface area contributed by atoms with Crippen molar-refractivity contribution in [2.75, 3.05) is 26.2 Å². The standard InChI is InChI=1S/C31H35N5O2/c1-3-35(4-2)29(37)24-15-17-28(18-16-24)34-30(33-23-32)36-21-19-27(20-22-36)31(38,25-11-7-5-8-12-25)26-13-9-6-10-14-26/h5-18,27,38H,3-4,19-22H2,1-2H3,(H,33,34). The SMILES string of the molecule is CCN(CC)C(=O)c1ccc(N=C(NC#N)N2CCC(C(O)(c3ccccc3)c3ccccc3)CC2)cc1. The van der Waals surface area contributed by atoms with Crippen LogP contribution in [0.3, 0.4) is 0 Å². The van der Waals surface area contributed by atoms with Gasteiger partial charge in [-0.3, -0.25) is 10.1 Å². The number of nitrogens with zero attached hydrogens (tertiary/aromatic N) is 4. The maximum atomic E-state index is 12.6. The minimum Gasteiger partial charge on any atom is -0.380 e. The first-order chi connectivity index (χ1) is 18.5. The van der Waals surface area contributed by atoms with Crippen molar-refractivity contribution in [1.29, 1.82) is 5.26 Å². The van der Waals surface area contributed by atoms with Crippen LogP contribution in [0.25, 0.3) is 0 Å². The fraction of sp³-hybridized carbons (Fsp3) is 0.323. The molecule has 3 aromatic rings. The van der Waals surface area contributed by atoms with Gasteiger partial charge in [0, 0.05) is 31.7 Å². The number of aliphatic imine (C=N–C) groups is 1. The quantitative estimate of drug-likeness (QED) is 0.205. The fourth-order valence-electron chi connectivity index (χ4n) is 5.25. The third-order valence-electron chi connectivity index (χ3n) is 7.38. The van der Waals surface area contributed by atoms with E-state index in [0.717, 1.165) is 24.0 Å². The van der Waals surface area contributed by atoms with Gasteiger partial charge in [0.05, 0.1) is 5.69 Å². The molecule has 0 bridgehead atoms. The zero-order valence-electron chi connectivity index (χ0n) is 22.0. The first kappa shape index (κ1) is 26.9. The van der Waals surface area contributed by atoms with E-state index in [0.29, 0.717) is 43.4 Å². The van der Waals surface area contributed by atoms with Gasteiger partial charge in [-0.1, -0.05) is 60.7 Å². The average molecular weight is 510 g/mol. The lowest BCUT2D eigenvalue weighted by atomic mass is 9.72. The van der Waals surface area contributed by atoms with E-state index in [1.165, 1.54) is 0 Å². The van der Waals surface area contributed by atoms with Crippen LogP contribution in [0, 0.1) is 17.4 Å². The maximum Gasteiger partial charge on any atom is 0.253 e. The van der Waals surface area contributed by atoms with Crippen LogP contribution in [-0.4, -0.2) is 53.0 Å². The fourth-order valence-corrected chi connectivity index (χ4v) is 5.25. The van der Waals surface area contributed by atoms with Crippen molar-refractivity contribution in [3.63, 3.8) is 0 Å². The minimum absolute atomic E-state index is 0.00254. The summed E-state index contributed by atoms with van der Waals surface area (Å²) in [4.78, 5) is 21.1. The predicted octanol–water partition coefficient (Wildman–Crippen LogP) is 4.87. The summed E-state index contributed by atoms with van der Waals surface area (Å²) in [5.74, 6) is 0.460. The number of rotatable bonds is 7. The van der Waals surface area contributed by atoms with Gasteiger partial charge >= 0.3 is 0 Å². The van der Waals surface area contributed by atoms with Crippen LogP contribution in [0.1, 0.15) is 48.2 Å². The summed E-state index contributed by atoms with van der Waals surface area (Å²) in [6.45, 7) is 6.51. The van der Waals surface area contributed by atoms with Crippen LogP contribution in [-0.2, 0) is 5.60 Å². The maximum absolute atomic E-state index is 12.6. The molecular formula is C31H35N5O2. The number of guanidine groups is 1. The van der Waals surface area contributed by atoms with Gasteiger partial charge in [-0.05, 0) is 68.0 Å². The van der Waals surface area contributed by atoms with Crippen LogP contribution >= 0.6 is 0 Å². The Kier molecular flexibility index (Phi) is 8.77. The number of hydrogen-bond acceptors (Lipinski definition) is 4. The second-order valence-corrected chi connectivity index (χ2v) is 9.46. The molecule has 0 aliphatic carbocycles. The number of nitriles is 1. The highest BCUT2D eigenvalue weighted by atomic mass is 16.3. The van der Waals surface area contributed by atoms with Crippen LogP contribution in [0.15, 0.2) is 89.9 Å². The Balaban J connectivity index is 1.52. The summed E-state index contributed by atoms with van der Waals surface area (Å²) < 4.78 is 0. The molecule has 0 aromatic heterocycles. The van der Waals surface area contributed by atoms with Crippen molar-refractivity contribution in [2.24, 2.45) is 10.9 Å². The van der Waals surface area contributed by atoms with Gasteiger partial charge in [-0.25, -0.2) is 4.99 Å². The normalized spacial score (nSPS) is 14.6. The number of likely N-dealkylation sites (tertiary alicyclic amines) is 1. The highest BCUT2D eigenvalue weighted by molar-refractivity contribution is 5.94. The summed E-state index contributed by atoms with van der Waals surface area (Å²) in [6, 6.07) is 26.8. The number of benzene rings is 3. The molecule has 38 heavy (non-hydrogen) atoms. The number of hydrogen-bond donors (Lipinski definition) is 2. The Morgan fingerprint density at radius 1 is 0.974 bits per heavy atom. The van der Waals surface area contributed by atoms with Crippen molar-refractivity contribution in [3.05, 3.63) is 102 Å². The molecule has 7 heteroatoms. The van der Waals surface area contributed by atoms with E-state index in [1.807, 2.05) is 85.6 Å². The minimum atomic E-state index is -1.11. The Bertz CT molecular complexity index is 1220. The topological polar surface area (TPSA) is 92.0 Å². The number of amides is 1. The summed E-state index contributed by atoms with van der Waals surface area (Å²) in [5.41, 5.74) is 1.93. The summed E-state index contributed by atoms with van der Waals surface area (Å²) in [5, 5.41) is 24.3. The molecule has 0 radical (unpaired) electrons. The van der Waals surface area contributed by atoms with Crippen LogP contribution < -0.4 is 5.32 Å². The van der Waals surface area contributed by atoms with E-state index in [-0.39, 0.29) is 11.8 Å². The van der Waals surface area contributed by atoms with Gasteiger partial charge in [0.2, 0.25) is 5.96 Å². The molecule has 2 N–H and O–H groups in total. The van der Waals surface area contributed by atoms with Crippen molar-refractivity contribution >= 4 is 17.6 Å². The molecule has 1 aliphatic heterocycles. The molecule has 1 fully saturated rings. The Morgan fingerprint density at radius 2 is 1.50 bits per heavy atom. The van der Waals surface area contributed by atoms with E-state index in [9.17, 15) is 15.2 Å². The molecule has 1 aliphatic rings. The summed E-state index contributed by atoms with van der Waals surface area (Å²) in [7, 11) is 0. The lowest BCUT2D eigenvalue weighted by Gasteiger charge is -2.42. The molecular weight excluding hydrogens is 474 g/mol. The van der Waals surface area contributed by atoms with Crippen molar-refractivity contribution < 1.29 is 9.90 Å². The first-order valence-corrected chi connectivity index (χ1v) is 13.2. The lowest BCUT2D eigenvalue weighted by molar-refractivity contribution is -0.00677. The van der Waals surface area contributed by atoms with Crippen molar-refractivity contribution in [2.45, 2.75) is 32.3 Å².